The van der Waals surface area contributed by atoms with Gasteiger partial charge in [-0.05, 0) is 25.0 Å². The fraction of sp³-hybridized carbons (Fsp3) is 0.300. The van der Waals surface area contributed by atoms with Gasteiger partial charge in [-0.1, -0.05) is 15.9 Å². The number of carbonyl (C=O) groups excluding carboxylic acids is 1. The van der Waals surface area contributed by atoms with Gasteiger partial charge >= 0.3 is 0 Å². The number of anilines is 1. The Morgan fingerprint density at radius 3 is 2.69 bits per heavy atom. The Morgan fingerprint density at radius 1 is 1.50 bits per heavy atom. The minimum Gasteiger partial charge on any atom is -0.367 e. The van der Waals surface area contributed by atoms with Crippen molar-refractivity contribution in [3.63, 3.8) is 0 Å². The van der Waals surface area contributed by atoms with E-state index in [9.17, 15) is 14.9 Å². The molecule has 1 aromatic rings. The van der Waals surface area contributed by atoms with E-state index < -0.39 is 10.5 Å². The van der Waals surface area contributed by atoms with Crippen molar-refractivity contribution in [3.05, 3.63) is 32.8 Å². The highest BCUT2D eigenvalue weighted by atomic mass is 79.9. The number of hydrogen-bond acceptors (Lipinski definition) is 4. The summed E-state index contributed by atoms with van der Waals surface area (Å²) in [5, 5.41) is 13.7. The zero-order valence-electron chi connectivity index (χ0n) is 8.27. The molecule has 0 aromatic heterocycles. The number of rotatable bonds is 4. The molecule has 0 radical (unpaired) electrons. The zero-order valence-corrected chi connectivity index (χ0v) is 9.86. The van der Waals surface area contributed by atoms with Gasteiger partial charge in [-0.2, -0.15) is 0 Å². The van der Waals surface area contributed by atoms with E-state index in [-0.39, 0.29) is 5.69 Å². The molecule has 0 atom stereocenters. The number of benzene rings is 1. The third-order valence-electron chi connectivity index (χ3n) is 2.55. The van der Waals surface area contributed by atoms with E-state index in [0.29, 0.717) is 5.69 Å². The van der Waals surface area contributed by atoms with E-state index in [2.05, 4.69) is 21.2 Å². The van der Waals surface area contributed by atoms with Gasteiger partial charge in [0.2, 0.25) is 0 Å². The maximum absolute atomic E-state index is 10.8. The highest BCUT2D eigenvalue weighted by Gasteiger charge is 2.43. The van der Waals surface area contributed by atoms with Crippen molar-refractivity contribution in [1.29, 1.82) is 0 Å². The average Bonchev–Trinajstić information content (AvgIpc) is 2.98. The molecule has 0 amide bonds. The SMILES string of the molecule is O=CC1(Nc2cc(Br)ccc2[N+](=O)[O-])CC1. The van der Waals surface area contributed by atoms with Crippen LogP contribution < -0.4 is 5.32 Å². The third-order valence-corrected chi connectivity index (χ3v) is 3.05. The average molecular weight is 285 g/mol. The first-order valence-electron chi connectivity index (χ1n) is 4.75. The van der Waals surface area contributed by atoms with Crippen LogP contribution in [0.5, 0.6) is 0 Å². The molecule has 84 valence electrons. The summed E-state index contributed by atoms with van der Waals surface area (Å²) < 4.78 is 0.738. The summed E-state index contributed by atoms with van der Waals surface area (Å²) in [5.74, 6) is 0. The highest BCUT2D eigenvalue weighted by molar-refractivity contribution is 9.10. The smallest absolute Gasteiger partial charge is 0.292 e. The quantitative estimate of drug-likeness (QED) is 0.524. The lowest BCUT2D eigenvalue weighted by Crippen LogP contribution is -2.23. The summed E-state index contributed by atoms with van der Waals surface area (Å²) in [6.45, 7) is 0. The van der Waals surface area contributed by atoms with Crippen LogP contribution in [0.15, 0.2) is 22.7 Å². The van der Waals surface area contributed by atoms with E-state index in [0.717, 1.165) is 23.6 Å². The van der Waals surface area contributed by atoms with Gasteiger partial charge in [-0.3, -0.25) is 10.1 Å². The van der Waals surface area contributed by atoms with Crippen LogP contribution in [0.3, 0.4) is 0 Å². The lowest BCUT2D eigenvalue weighted by atomic mass is 10.2. The van der Waals surface area contributed by atoms with Crippen LogP contribution >= 0.6 is 15.9 Å². The normalized spacial score (nSPS) is 16.6. The number of nitrogens with one attached hydrogen (secondary N) is 1. The molecule has 1 aromatic carbocycles. The predicted molar refractivity (Wildman–Crippen MR) is 62.4 cm³/mol. The molecule has 0 aliphatic heterocycles. The van der Waals surface area contributed by atoms with Gasteiger partial charge in [0, 0.05) is 10.5 Å². The Morgan fingerprint density at radius 2 is 2.19 bits per heavy atom. The molecule has 5 nitrogen and oxygen atoms in total. The van der Waals surface area contributed by atoms with Crippen LogP contribution in [-0.2, 0) is 4.79 Å². The lowest BCUT2D eigenvalue weighted by molar-refractivity contribution is -0.384. The Hall–Kier alpha value is -1.43. The van der Waals surface area contributed by atoms with E-state index in [1.807, 2.05) is 0 Å². The van der Waals surface area contributed by atoms with Crippen molar-refractivity contribution in [3.8, 4) is 0 Å². The second-order valence-electron chi connectivity index (χ2n) is 3.82. The molecule has 0 saturated heterocycles. The molecule has 1 N–H and O–H groups in total. The fourth-order valence-corrected chi connectivity index (χ4v) is 1.80. The van der Waals surface area contributed by atoms with Gasteiger partial charge in [-0.15, -0.1) is 0 Å². The molecule has 1 aliphatic rings. The standard InChI is InChI=1S/C10H9BrN2O3/c11-7-1-2-9(13(15)16)8(5-7)12-10(6-14)3-4-10/h1-2,5-6,12H,3-4H2. The third kappa shape index (κ3) is 2.06. The Bertz CT molecular complexity index is 457. The van der Waals surface area contributed by atoms with Crippen molar-refractivity contribution in [2.24, 2.45) is 0 Å². The summed E-state index contributed by atoms with van der Waals surface area (Å²) in [6.07, 6.45) is 2.26. The molecule has 1 aliphatic carbocycles. The van der Waals surface area contributed by atoms with E-state index in [1.165, 1.54) is 6.07 Å². The van der Waals surface area contributed by atoms with E-state index in [1.54, 1.807) is 12.1 Å². The van der Waals surface area contributed by atoms with Crippen LogP contribution in [0, 0.1) is 10.1 Å². The van der Waals surface area contributed by atoms with Crippen molar-refractivity contribution < 1.29 is 9.72 Å². The van der Waals surface area contributed by atoms with E-state index >= 15 is 0 Å². The van der Waals surface area contributed by atoms with Crippen LogP contribution in [0.1, 0.15) is 12.8 Å². The maximum Gasteiger partial charge on any atom is 0.292 e. The number of nitro benzene ring substituents is 1. The minimum atomic E-state index is -0.592. The molecule has 6 heteroatoms. The number of aldehydes is 1. The molecule has 16 heavy (non-hydrogen) atoms. The molecular formula is C10H9BrN2O3. The predicted octanol–water partition coefficient (Wildman–Crippen LogP) is 2.50. The molecule has 1 fully saturated rings. The number of hydrogen-bond donors (Lipinski definition) is 1. The van der Waals surface area contributed by atoms with Gasteiger partial charge in [0.25, 0.3) is 5.69 Å². The number of nitrogens with zero attached hydrogens (tertiary/aromatic N) is 1. The van der Waals surface area contributed by atoms with Crippen LogP contribution in [0.4, 0.5) is 11.4 Å². The van der Waals surface area contributed by atoms with Gasteiger partial charge < -0.3 is 10.1 Å². The maximum atomic E-state index is 10.8. The van der Waals surface area contributed by atoms with Crippen molar-refractivity contribution >= 4 is 33.6 Å². The second kappa shape index (κ2) is 3.86. The van der Waals surface area contributed by atoms with Crippen molar-refractivity contribution in [2.45, 2.75) is 18.4 Å². The van der Waals surface area contributed by atoms with Crippen LogP contribution in [0.25, 0.3) is 0 Å². The number of carbonyl (C=O) groups is 1. The highest BCUT2D eigenvalue weighted by Crippen LogP contribution is 2.40. The summed E-state index contributed by atoms with van der Waals surface area (Å²) >= 11 is 3.24. The first-order valence-corrected chi connectivity index (χ1v) is 5.54. The first-order chi connectivity index (χ1) is 7.56. The number of nitro groups is 1. The van der Waals surface area contributed by atoms with Gasteiger partial charge in [0.1, 0.15) is 12.0 Å². The largest absolute Gasteiger partial charge is 0.367 e. The first kappa shape index (κ1) is 11.1. The van der Waals surface area contributed by atoms with Gasteiger partial charge in [0.05, 0.1) is 10.5 Å². The fourth-order valence-electron chi connectivity index (χ4n) is 1.44. The van der Waals surface area contributed by atoms with Crippen LogP contribution in [0.2, 0.25) is 0 Å². The van der Waals surface area contributed by atoms with Crippen LogP contribution in [-0.4, -0.2) is 16.7 Å². The van der Waals surface area contributed by atoms with Crippen molar-refractivity contribution in [1.82, 2.24) is 0 Å². The summed E-state index contributed by atoms with van der Waals surface area (Å²) in [5.41, 5.74) is -0.230. The van der Waals surface area contributed by atoms with E-state index in [4.69, 9.17) is 0 Å². The van der Waals surface area contributed by atoms with Crippen molar-refractivity contribution in [2.75, 3.05) is 5.32 Å². The van der Waals surface area contributed by atoms with Gasteiger partial charge in [0.15, 0.2) is 0 Å². The Balaban J connectivity index is 2.34. The molecule has 0 bridgehead atoms. The van der Waals surface area contributed by atoms with Gasteiger partial charge in [-0.25, -0.2) is 0 Å². The lowest BCUT2D eigenvalue weighted by Gasteiger charge is -2.12. The molecular weight excluding hydrogens is 276 g/mol. The molecule has 1 saturated carbocycles. The molecule has 2 rings (SSSR count). The summed E-state index contributed by atoms with van der Waals surface area (Å²) in [7, 11) is 0. The molecule has 0 heterocycles. The number of halogens is 1. The molecule has 0 spiro atoms. The Labute approximate surface area is 100 Å². The Kier molecular flexibility index (Phi) is 2.67. The topological polar surface area (TPSA) is 72.2 Å². The summed E-state index contributed by atoms with van der Waals surface area (Å²) in [6, 6.07) is 4.62. The second-order valence-corrected chi connectivity index (χ2v) is 4.73. The monoisotopic (exact) mass is 284 g/mol. The zero-order chi connectivity index (χ0) is 11.8. The summed E-state index contributed by atoms with van der Waals surface area (Å²) in [4.78, 5) is 21.1. The molecule has 0 unspecified atom stereocenters. The minimum absolute atomic E-state index is 0.0173.